The Labute approximate surface area is 148 Å². The number of nitrogens with one attached hydrogen (secondary N) is 2. The van der Waals surface area contributed by atoms with Crippen molar-refractivity contribution in [2.75, 3.05) is 13.2 Å². The van der Waals surface area contributed by atoms with Crippen molar-refractivity contribution in [3.8, 4) is 5.75 Å². The third-order valence-electron chi connectivity index (χ3n) is 3.10. The molecule has 1 heterocycles. The molecule has 0 bridgehead atoms. The van der Waals surface area contributed by atoms with Crippen LogP contribution in [0.2, 0.25) is 5.02 Å². The number of halogens is 1. The lowest BCUT2D eigenvalue weighted by atomic mass is 10.1. The predicted octanol–water partition coefficient (Wildman–Crippen LogP) is 2.70. The van der Waals surface area contributed by atoms with Crippen LogP contribution in [0.15, 0.2) is 41.8 Å². The second kappa shape index (κ2) is 9.14. The van der Waals surface area contributed by atoms with Gasteiger partial charge in [0.05, 0.1) is 19.0 Å². The van der Waals surface area contributed by atoms with Gasteiger partial charge in [0, 0.05) is 9.90 Å². The lowest BCUT2D eigenvalue weighted by molar-refractivity contribution is -0.121. The summed E-state index contributed by atoms with van der Waals surface area (Å²) in [5, 5.41) is 7.85. The highest BCUT2D eigenvalue weighted by Gasteiger charge is 2.18. The third-order valence-corrected chi connectivity index (χ3v) is 4.34. The molecule has 8 heteroatoms. The highest BCUT2D eigenvalue weighted by atomic mass is 35.5. The van der Waals surface area contributed by atoms with E-state index in [9.17, 15) is 9.59 Å². The summed E-state index contributed by atoms with van der Waals surface area (Å²) in [7, 11) is 0. The SMILES string of the molecule is NC(=O)NC(CC(=O)NCCOc1ccc(Cl)cc1)c1cccs1. The number of thiophene rings is 1. The van der Waals surface area contributed by atoms with Crippen LogP contribution in [-0.4, -0.2) is 25.1 Å². The Morgan fingerprint density at radius 1 is 1.25 bits per heavy atom. The standard InChI is InChI=1S/C16H18ClN3O3S/c17-11-3-5-12(6-4-11)23-8-7-19-15(21)10-13(20-16(18)22)14-2-1-9-24-14/h1-6,9,13H,7-8,10H2,(H,19,21)(H3,18,20,22). The minimum absolute atomic E-state index is 0.115. The van der Waals surface area contributed by atoms with Gasteiger partial charge in [-0.1, -0.05) is 17.7 Å². The molecule has 1 aromatic carbocycles. The first-order chi connectivity index (χ1) is 11.5. The maximum atomic E-state index is 12.0. The maximum absolute atomic E-state index is 12.0. The van der Waals surface area contributed by atoms with Crippen LogP contribution in [0.4, 0.5) is 4.79 Å². The highest BCUT2D eigenvalue weighted by molar-refractivity contribution is 7.10. The molecule has 128 valence electrons. The molecule has 0 saturated heterocycles. The van der Waals surface area contributed by atoms with E-state index in [0.29, 0.717) is 23.9 Å². The molecule has 0 aliphatic carbocycles. The molecular weight excluding hydrogens is 350 g/mol. The number of benzene rings is 1. The molecule has 0 fully saturated rings. The van der Waals surface area contributed by atoms with Gasteiger partial charge in [-0.3, -0.25) is 4.79 Å². The van der Waals surface area contributed by atoms with Crippen LogP contribution in [0, 0.1) is 0 Å². The summed E-state index contributed by atoms with van der Waals surface area (Å²) in [5.74, 6) is 0.488. The summed E-state index contributed by atoms with van der Waals surface area (Å²) < 4.78 is 5.49. The van der Waals surface area contributed by atoms with Gasteiger partial charge in [0.2, 0.25) is 5.91 Å². The Kier molecular flexibility index (Phi) is 6.89. The summed E-state index contributed by atoms with van der Waals surface area (Å²) >= 11 is 7.25. The first kappa shape index (κ1) is 18.1. The molecule has 1 atom stereocenters. The normalized spacial score (nSPS) is 11.5. The van der Waals surface area contributed by atoms with Gasteiger partial charge in [-0.25, -0.2) is 4.79 Å². The first-order valence-electron chi connectivity index (χ1n) is 7.29. The molecule has 24 heavy (non-hydrogen) atoms. The third kappa shape index (κ3) is 6.10. The summed E-state index contributed by atoms with van der Waals surface area (Å²) in [6, 6.07) is 9.59. The van der Waals surface area contributed by atoms with Crippen molar-refractivity contribution in [1.29, 1.82) is 0 Å². The molecule has 1 unspecified atom stereocenters. The van der Waals surface area contributed by atoms with Gasteiger partial charge in [0.1, 0.15) is 12.4 Å². The van der Waals surface area contributed by atoms with Gasteiger partial charge in [-0.05, 0) is 35.7 Å². The fourth-order valence-electron chi connectivity index (χ4n) is 2.03. The maximum Gasteiger partial charge on any atom is 0.312 e. The van der Waals surface area contributed by atoms with E-state index in [1.165, 1.54) is 11.3 Å². The molecule has 6 nitrogen and oxygen atoms in total. The molecule has 3 amide bonds. The van der Waals surface area contributed by atoms with Gasteiger partial charge in [0.15, 0.2) is 0 Å². The quantitative estimate of drug-likeness (QED) is 0.626. The van der Waals surface area contributed by atoms with Gasteiger partial charge in [0.25, 0.3) is 0 Å². The summed E-state index contributed by atoms with van der Waals surface area (Å²) in [6.45, 7) is 0.690. The number of urea groups is 1. The Bertz CT molecular complexity index is 662. The molecule has 0 aliphatic heterocycles. The van der Waals surface area contributed by atoms with E-state index in [-0.39, 0.29) is 12.3 Å². The molecule has 0 aliphatic rings. The lowest BCUT2D eigenvalue weighted by Crippen LogP contribution is -2.37. The molecule has 2 rings (SSSR count). The average molecular weight is 368 g/mol. The number of amides is 3. The van der Waals surface area contributed by atoms with E-state index in [4.69, 9.17) is 22.1 Å². The van der Waals surface area contributed by atoms with Crippen LogP contribution in [0.1, 0.15) is 17.3 Å². The Balaban J connectivity index is 1.74. The van der Waals surface area contributed by atoms with Crippen molar-refractivity contribution in [3.05, 3.63) is 51.7 Å². The van der Waals surface area contributed by atoms with Gasteiger partial charge < -0.3 is 21.1 Å². The van der Waals surface area contributed by atoms with Crippen LogP contribution in [0.25, 0.3) is 0 Å². The second-order valence-corrected chi connectivity index (χ2v) is 6.35. The molecule has 0 spiro atoms. The van der Waals surface area contributed by atoms with E-state index in [1.807, 2.05) is 17.5 Å². The average Bonchev–Trinajstić information content (AvgIpc) is 3.06. The van der Waals surface area contributed by atoms with Crippen molar-refractivity contribution in [2.24, 2.45) is 5.73 Å². The van der Waals surface area contributed by atoms with Crippen LogP contribution < -0.4 is 21.1 Å². The Morgan fingerprint density at radius 2 is 2.00 bits per heavy atom. The van der Waals surface area contributed by atoms with Gasteiger partial charge >= 0.3 is 6.03 Å². The van der Waals surface area contributed by atoms with Crippen LogP contribution in [-0.2, 0) is 4.79 Å². The molecular formula is C16H18ClN3O3S. The predicted molar refractivity (Wildman–Crippen MR) is 94.4 cm³/mol. The number of hydrogen-bond donors (Lipinski definition) is 3. The summed E-state index contributed by atoms with van der Waals surface area (Å²) in [4.78, 5) is 24.0. The fraction of sp³-hybridized carbons (Fsp3) is 0.250. The zero-order valence-corrected chi connectivity index (χ0v) is 14.4. The number of ether oxygens (including phenoxy) is 1. The number of carbonyl (C=O) groups excluding carboxylic acids is 2. The highest BCUT2D eigenvalue weighted by Crippen LogP contribution is 2.21. The van der Waals surface area contributed by atoms with Crippen molar-refractivity contribution in [3.63, 3.8) is 0 Å². The number of primary amides is 1. The minimum Gasteiger partial charge on any atom is -0.492 e. The minimum atomic E-state index is -0.660. The number of hydrogen-bond acceptors (Lipinski definition) is 4. The lowest BCUT2D eigenvalue weighted by Gasteiger charge is -2.16. The zero-order valence-electron chi connectivity index (χ0n) is 12.8. The van der Waals surface area contributed by atoms with E-state index >= 15 is 0 Å². The van der Waals surface area contributed by atoms with E-state index in [2.05, 4.69) is 10.6 Å². The van der Waals surface area contributed by atoms with Crippen molar-refractivity contribution >= 4 is 34.9 Å². The van der Waals surface area contributed by atoms with E-state index < -0.39 is 12.1 Å². The van der Waals surface area contributed by atoms with Crippen molar-refractivity contribution < 1.29 is 14.3 Å². The Hall–Kier alpha value is -2.25. The second-order valence-electron chi connectivity index (χ2n) is 4.93. The molecule has 2 aromatic rings. The smallest absolute Gasteiger partial charge is 0.312 e. The van der Waals surface area contributed by atoms with E-state index in [1.54, 1.807) is 24.3 Å². The van der Waals surface area contributed by atoms with Gasteiger partial charge in [-0.15, -0.1) is 11.3 Å². The monoisotopic (exact) mass is 367 g/mol. The topological polar surface area (TPSA) is 93.5 Å². The first-order valence-corrected chi connectivity index (χ1v) is 8.55. The van der Waals surface area contributed by atoms with Gasteiger partial charge in [-0.2, -0.15) is 0 Å². The van der Waals surface area contributed by atoms with Crippen LogP contribution in [0.5, 0.6) is 5.75 Å². The molecule has 4 N–H and O–H groups in total. The fourth-order valence-corrected chi connectivity index (χ4v) is 2.94. The molecule has 0 saturated carbocycles. The molecule has 1 aromatic heterocycles. The largest absolute Gasteiger partial charge is 0.492 e. The number of rotatable bonds is 8. The Morgan fingerprint density at radius 3 is 2.62 bits per heavy atom. The molecule has 0 radical (unpaired) electrons. The van der Waals surface area contributed by atoms with Crippen LogP contribution >= 0.6 is 22.9 Å². The summed E-state index contributed by atoms with van der Waals surface area (Å²) in [6.07, 6.45) is 0.115. The van der Waals surface area contributed by atoms with Crippen molar-refractivity contribution in [2.45, 2.75) is 12.5 Å². The number of nitrogens with two attached hydrogens (primary N) is 1. The summed E-state index contributed by atoms with van der Waals surface area (Å²) in [5.41, 5.74) is 5.17. The zero-order chi connectivity index (χ0) is 17.4. The number of carbonyl (C=O) groups is 2. The van der Waals surface area contributed by atoms with Crippen molar-refractivity contribution in [1.82, 2.24) is 10.6 Å². The van der Waals surface area contributed by atoms with E-state index in [0.717, 1.165) is 4.88 Å². The van der Waals surface area contributed by atoms with Crippen LogP contribution in [0.3, 0.4) is 0 Å².